The van der Waals surface area contributed by atoms with Gasteiger partial charge in [0.05, 0.1) is 0 Å². The van der Waals surface area contributed by atoms with Gasteiger partial charge in [-0.1, -0.05) is 34.1 Å². The fourth-order valence-corrected chi connectivity index (χ4v) is 1.68. The van der Waals surface area contributed by atoms with Crippen LogP contribution < -0.4 is 16.8 Å². The van der Waals surface area contributed by atoms with E-state index in [2.05, 4.69) is 5.32 Å². The minimum absolute atomic E-state index is 0.0208. The molecule has 9 nitrogen and oxygen atoms in total. The van der Waals surface area contributed by atoms with E-state index in [4.69, 9.17) is 26.8 Å². The molecule has 148 valence electrons. The average Bonchev–Trinajstić information content (AvgIpc) is 3.08. The molecule has 1 rings (SSSR count). The molecule has 0 aliphatic carbocycles. The number of nitrogens with one attached hydrogen (secondary N) is 1. The van der Waals surface area contributed by atoms with E-state index in [0.717, 1.165) is 25.8 Å². The Kier molecular flexibility index (Phi) is 13.9. The van der Waals surface area contributed by atoms with Gasteiger partial charge in [0.1, 0.15) is 18.1 Å². The Morgan fingerprint density at radius 2 is 1.52 bits per heavy atom. The van der Waals surface area contributed by atoms with Gasteiger partial charge in [-0.25, -0.2) is 0 Å². The summed E-state index contributed by atoms with van der Waals surface area (Å²) in [6, 6.07) is -1.68. The molecule has 25 heavy (non-hydrogen) atoms. The molecule has 1 fully saturated rings. The molecule has 1 aliphatic heterocycles. The van der Waals surface area contributed by atoms with E-state index in [-0.39, 0.29) is 17.9 Å². The van der Waals surface area contributed by atoms with Crippen LogP contribution in [0.15, 0.2) is 0 Å². The molecule has 0 spiro atoms. The Morgan fingerprint density at radius 1 is 1.04 bits per heavy atom. The maximum Gasteiger partial charge on any atom is 0.320 e. The lowest BCUT2D eigenvalue weighted by atomic mass is 10.0. The van der Waals surface area contributed by atoms with Crippen molar-refractivity contribution in [2.24, 2.45) is 23.3 Å². The van der Waals surface area contributed by atoms with Crippen LogP contribution in [0.4, 0.5) is 0 Å². The number of carbonyl (C=O) groups is 3. The summed E-state index contributed by atoms with van der Waals surface area (Å²) in [5, 5.41) is 27.8. The second-order valence-electron chi connectivity index (χ2n) is 6.34. The molecular weight excluding hydrogens is 330 g/mol. The van der Waals surface area contributed by atoms with Gasteiger partial charge in [-0.05, 0) is 31.2 Å². The zero-order chi connectivity index (χ0) is 20.2. The Hall–Kier alpha value is -1.71. The van der Waals surface area contributed by atoms with Crippen LogP contribution in [0.25, 0.3) is 0 Å². The quantitative estimate of drug-likeness (QED) is 0.388. The van der Waals surface area contributed by atoms with Crippen molar-refractivity contribution in [2.75, 3.05) is 6.54 Å². The standard InChI is InChI=1S/C6H13NO2.C5H9NO2.C5H11NO2/c1-3-4(2)5(7)6(8)9;7-5(8)4-2-1-3-6-4;1-3(2)4(6)5(7)8/h4-5H,3,7H2,1-2H3,(H,8,9);4,6H,1-3H2,(H,7,8);3-4H,6H2,1-2H3,(H,7,8)/t4-,5-;2*4-/m000/s1. The Labute approximate surface area is 148 Å². The maximum atomic E-state index is 10.2. The monoisotopic (exact) mass is 363 g/mol. The molecule has 1 aliphatic rings. The largest absolute Gasteiger partial charge is 0.480 e. The topological polar surface area (TPSA) is 176 Å². The van der Waals surface area contributed by atoms with Crippen molar-refractivity contribution in [1.82, 2.24) is 5.32 Å². The lowest BCUT2D eigenvalue weighted by molar-refractivity contribution is -0.140. The number of carboxylic acid groups (broad SMARTS) is 3. The number of rotatable bonds is 6. The average molecular weight is 363 g/mol. The Morgan fingerprint density at radius 3 is 1.64 bits per heavy atom. The van der Waals surface area contributed by atoms with Crippen LogP contribution >= 0.6 is 0 Å². The van der Waals surface area contributed by atoms with E-state index in [1.165, 1.54) is 0 Å². The van der Waals surface area contributed by atoms with E-state index < -0.39 is 30.0 Å². The summed E-state index contributed by atoms with van der Waals surface area (Å²) < 4.78 is 0. The highest BCUT2D eigenvalue weighted by Crippen LogP contribution is 2.04. The molecule has 0 bridgehead atoms. The van der Waals surface area contributed by atoms with Crippen LogP contribution in [-0.2, 0) is 14.4 Å². The lowest BCUT2D eigenvalue weighted by Gasteiger charge is -2.11. The van der Waals surface area contributed by atoms with Gasteiger partial charge in [0.2, 0.25) is 0 Å². The summed E-state index contributed by atoms with van der Waals surface area (Å²) >= 11 is 0. The zero-order valence-electron chi connectivity index (χ0n) is 15.4. The molecule has 0 aromatic rings. The second kappa shape index (κ2) is 13.6. The molecule has 8 N–H and O–H groups in total. The van der Waals surface area contributed by atoms with E-state index in [0.29, 0.717) is 0 Å². The fourth-order valence-electron chi connectivity index (χ4n) is 1.68. The molecule has 0 saturated carbocycles. The number of hydrogen-bond donors (Lipinski definition) is 6. The minimum atomic E-state index is -0.931. The van der Waals surface area contributed by atoms with Gasteiger partial charge in [-0.2, -0.15) is 0 Å². The number of carboxylic acids is 3. The van der Waals surface area contributed by atoms with E-state index in [1.54, 1.807) is 13.8 Å². The van der Waals surface area contributed by atoms with Crippen molar-refractivity contribution in [3.8, 4) is 0 Å². The van der Waals surface area contributed by atoms with Crippen LogP contribution in [0.2, 0.25) is 0 Å². The van der Waals surface area contributed by atoms with E-state index in [9.17, 15) is 14.4 Å². The van der Waals surface area contributed by atoms with Gasteiger partial charge in [0.25, 0.3) is 0 Å². The smallest absolute Gasteiger partial charge is 0.320 e. The van der Waals surface area contributed by atoms with Crippen LogP contribution in [0.1, 0.15) is 47.0 Å². The van der Waals surface area contributed by atoms with Crippen molar-refractivity contribution in [3.63, 3.8) is 0 Å². The number of aliphatic carboxylic acids is 3. The SMILES string of the molecule is CC(C)[C@H](N)C(=O)O.CC[C@H](C)[C@H](N)C(=O)O.O=C(O)[C@@H]1CCCN1. The molecule has 0 radical (unpaired) electrons. The first kappa shape index (κ1) is 25.5. The van der Waals surface area contributed by atoms with E-state index in [1.807, 2.05) is 13.8 Å². The van der Waals surface area contributed by atoms with Gasteiger partial charge in [0.15, 0.2) is 0 Å². The van der Waals surface area contributed by atoms with Gasteiger partial charge in [0, 0.05) is 0 Å². The van der Waals surface area contributed by atoms with Crippen LogP contribution in [0.3, 0.4) is 0 Å². The van der Waals surface area contributed by atoms with Gasteiger partial charge in [-0.15, -0.1) is 0 Å². The predicted molar refractivity (Wildman–Crippen MR) is 94.2 cm³/mol. The highest BCUT2D eigenvalue weighted by Gasteiger charge is 2.20. The first-order valence-electron chi connectivity index (χ1n) is 8.38. The summed E-state index contributed by atoms with van der Waals surface area (Å²) in [7, 11) is 0. The van der Waals surface area contributed by atoms with Gasteiger partial charge < -0.3 is 32.1 Å². The lowest BCUT2D eigenvalue weighted by Crippen LogP contribution is -2.36. The summed E-state index contributed by atoms with van der Waals surface area (Å²) in [6.07, 6.45) is 2.60. The van der Waals surface area contributed by atoms with Gasteiger partial charge >= 0.3 is 17.9 Å². The summed E-state index contributed by atoms with van der Waals surface area (Å²) in [6.45, 7) is 8.17. The summed E-state index contributed by atoms with van der Waals surface area (Å²) in [5.74, 6) is -2.47. The highest BCUT2D eigenvalue weighted by molar-refractivity contribution is 5.74. The third kappa shape index (κ3) is 12.3. The van der Waals surface area contributed by atoms with Crippen LogP contribution in [0.5, 0.6) is 0 Å². The summed E-state index contributed by atoms with van der Waals surface area (Å²) in [5.41, 5.74) is 10.4. The van der Waals surface area contributed by atoms with Crippen LogP contribution in [-0.4, -0.2) is 57.9 Å². The van der Waals surface area contributed by atoms with Crippen LogP contribution in [0, 0.1) is 11.8 Å². The number of nitrogens with two attached hydrogens (primary N) is 2. The third-order valence-corrected chi connectivity index (χ3v) is 3.90. The zero-order valence-corrected chi connectivity index (χ0v) is 15.4. The van der Waals surface area contributed by atoms with Crippen molar-refractivity contribution in [2.45, 2.75) is 65.1 Å². The predicted octanol–water partition coefficient (Wildman–Crippen LogP) is 0.322. The molecule has 1 saturated heterocycles. The molecule has 0 unspecified atom stereocenters. The fraction of sp³-hybridized carbons (Fsp3) is 0.812. The first-order valence-corrected chi connectivity index (χ1v) is 8.38. The second-order valence-corrected chi connectivity index (χ2v) is 6.34. The Balaban J connectivity index is 0. The summed E-state index contributed by atoms with van der Waals surface area (Å²) in [4.78, 5) is 30.3. The van der Waals surface area contributed by atoms with E-state index >= 15 is 0 Å². The van der Waals surface area contributed by atoms with Crippen molar-refractivity contribution in [1.29, 1.82) is 0 Å². The molecule has 9 heteroatoms. The molecule has 0 aromatic heterocycles. The molecule has 1 heterocycles. The molecular formula is C16H33N3O6. The third-order valence-electron chi connectivity index (χ3n) is 3.90. The molecule has 0 aromatic carbocycles. The van der Waals surface area contributed by atoms with Crippen molar-refractivity contribution >= 4 is 17.9 Å². The maximum absolute atomic E-state index is 10.2. The highest BCUT2D eigenvalue weighted by atomic mass is 16.4. The first-order chi connectivity index (χ1) is 11.4. The normalized spacial score (nSPS) is 19.6. The number of hydrogen-bond acceptors (Lipinski definition) is 6. The van der Waals surface area contributed by atoms with Crippen molar-refractivity contribution in [3.05, 3.63) is 0 Å². The minimum Gasteiger partial charge on any atom is -0.480 e. The van der Waals surface area contributed by atoms with Gasteiger partial charge in [-0.3, -0.25) is 14.4 Å². The van der Waals surface area contributed by atoms with Crippen molar-refractivity contribution < 1.29 is 29.7 Å². The molecule has 0 amide bonds. The Bertz CT molecular complexity index is 399. The molecule has 4 atom stereocenters.